The fraction of sp³-hybridized carbons (Fsp3) is 0.250. The molecule has 0 amide bonds. The summed E-state index contributed by atoms with van der Waals surface area (Å²) in [6, 6.07) is 18.3. The Labute approximate surface area is 114 Å². The van der Waals surface area contributed by atoms with Crippen LogP contribution in [0, 0.1) is 0 Å². The van der Waals surface area contributed by atoms with E-state index in [1.165, 1.54) is 5.56 Å². The molecule has 0 radical (unpaired) electrons. The number of nitrogens with two attached hydrogens (primary N) is 1. The van der Waals surface area contributed by atoms with Crippen molar-refractivity contribution in [3.63, 3.8) is 0 Å². The van der Waals surface area contributed by atoms with Crippen LogP contribution >= 0.6 is 0 Å². The van der Waals surface area contributed by atoms with Crippen molar-refractivity contribution in [2.45, 2.75) is 5.79 Å². The number of benzene rings is 2. The summed E-state index contributed by atoms with van der Waals surface area (Å²) in [5, 5.41) is 0. The Morgan fingerprint density at radius 3 is 1.84 bits per heavy atom. The Morgan fingerprint density at radius 2 is 1.37 bits per heavy atom. The molecule has 0 aromatic heterocycles. The standard InChI is InChI=1S/C16H19NO2/c1-18-16(12-17,19-2)15-10-8-14(9-11-15)13-6-4-3-5-7-13/h3-11H,12,17H2,1-2H3. The van der Waals surface area contributed by atoms with E-state index in [2.05, 4.69) is 12.1 Å². The SMILES string of the molecule is COC(CN)(OC)c1ccc(-c2ccccc2)cc1. The van der Waals surface area contributed by atoms with Crippen LogP contribution in [0.1, 0.15) is 5.56 Å². The van der Waals surface area contributed by atoms with E-state index in [-0.39, 0.29) is 6.54 Å². The van der Waals surface area contributed by atoms with Crippen molar-refractivity contribution < 1.29 is 9.47 Å². The minimum Gasteiger partial charge on any atom is -0.348 e. The van der Waals surface area contributed by atoms with Gasteiger partial charge in [0.25, 0.3) is 0 Å². The Hall–Kier alpha value is -1.68. The predicted octanol–water partition coefficient (Wildman–Crippen LogP) is 2.76. The van der Waals surface area contributed by atoms with Crippen LogP contribution in [0.5, 0.6) is 0 Å². The van der Waals surface area contributed by atoms with Gasteiger partial charge in [-0.1, -0.05) is 54.6 Å². The summed E-state index contributed by atoms with van der Waals surface area (Å²) in [5.41, 5.74) is 9.01. The topological polar surface area (TPSA) is 44.5 Å². The number of ether oxygens (including phenoxy) is 2. The molecule has 100 valence electrons. The summed E-state index contributed by atoms with van der Waals surface area (Å²) >= 11 is 0. The highest BCUT2D eigenvalue weighted by Crippen LogP contribution is 2.27. The molecule has 0 aliphatic rings. The molecule has 0 unspecified atom stereocenters. The maximum absolute atomic E-state index is 5.76. The fourth-order valence-electron chi connectivity index (χ4n) is 2.15. The summed E-state index contributed by atoms with van der Waals surface area (Å²) in [6.07, 6.45) is 0. The highest BCUT2D eigenvalue weighted by Gasteiger charge is 2.30. The molecule has 0 atom stereocenters. The lowest BCUT2D eigenvalue weighted by molar-refractivity contribution is -0.207. The number of hydrogen-bond donors (Lipinski definition) is 1. The van der Waals surface area contributed by atoms with Gasteiger partial charge in [0.2, 0.25) is 5.79 Å². The van der Waals surface area contributed by atoms with Crippen molar-refractivity contribution in [3.8, 4) is 11.1 Å². The normalized spacial score (nSPS) is 11.5. The molecule has 2 rings (SSSR count). The second kappa shape index (κ2) is 5.97. The Bertz CT molecular complexity index is 496. The lowest BCUT2D eigenvalue weighted by Gasteiger charge is -2.29. The molecule has 3 nitrogen and oxygen atoms in total. The maximum Gasteiger partial charge on any atom is 0.207 e. The zero-order chi connectivity index (χ0) is 13.7. The van der Waals surface area contributed by atoms with E-state index >= 15 is 0 Å². The zero-order valence-corrected chi connectivity index (χ0v) is 11.3. The van der Waals surface area contributed by atoms with Crippen molar-refractivity contribution in [1.82, 2.24) is 0 Å². The first-order valence-corrected chi connectivity index (χ1v) is 6.22. The predicted molar refractivity (Wildman–Crippen MR) is 76.6 cm³/mol. The molecule has 0 heterocycles. The second-order valence-electron chi connectivity index (χ2n) is 4.31. The summed E-state index contributed by atoms with van der Waals surface area (Å²) in [6.45, 7) is 0.269. The van der Waals surface area contributed by atoms with E-state index in [0.29, 0.717) is 0 Å². The Morgan fingerprint density at radius 1 is 0.842 bits per heavy atom. The quantitative estimate of drug-likeness (QED) is 0.838. The van der Waals surface area contributed by atoms with Crippen molar-refractivity contribution in [3.05, 3.63) is 60.2 Å². The molecule has 0 saturated heterocycles. The minimum absolute atomic E-state index is 0.269. The molecule has 0 spiro atoms. The molecule has 0 bridgehead atoms. The molecule has 2 aromatic rings. The third-order valence-corrected chi connectivity index (χ3v) is 3.36. The van der Waals surface area contributed by atoms with Gasteiger partial charge in [-0.2, -0.15) is 0 Å². The van der Waals surface area contributed by atoms with Crippen LogP contribution < -0.4 is 5.73 Å². The van der Waals surface area contributed by atoms with E-state index in [9.17, 15) is 0 Å². The van der Waals surface area contributed by atoms with Crippen molar-refractivity contribution in [2.24, 2.45) is 5.73 Å². The monoisotopic (exact) mass is 257 g/mol. The summed E-state index contributed by atoms with van der Waals surface area (Å²) in [4.78, 5) is 0. The highest BCUT2D eigenvalue weighted by molar-refractivity contribution is 5.63. The molecular formula is C16H19NO2. The van der Waals surface area contributed by atoms with Gasteiger partial charge in [0, 0.05) is 19.8 Å². The lowest BCUT2D eigenvalue weighted by Crippen LogP contribution is -2.38. The van der Waals surface area contributed by atoms with Gasteiger partial charge in [-0.05, 0) is 11.1 Å². The molecule has 0 aliphatic heterocycles. The third-order valence-electron chi connectivity index (χ3n) is 3.36. The summed E-state index contributed by atoms with van der Waals surface area (Å²) in [5.74, 6) is -0.866. The average Bonchev–Trinajstić information content (AvgIpc) is 2.51. The van der Waals surface area contributed by atoms with Crippen LogP contribution in [0.3, 0.4) is 0 Å². The zero-order valence-electron chi connectivity index (χ0n) is 11.3. The largest absolute Gasteiger partial charge is 0.348 e. The minimum atomic E-state index is -0.866. The first-order valence-electron chi connectivity index (χ1n) is 6.22. The molecule has 19 heavy (non-hydrogen) atoms. The van der Waals surface area contributed by atoms with E-state index in [1.807, 2.05) is 42.5 Å². The Balaban J connectivity index is 2.33. The van der Waals surface area contributed by atoms with Gasteiger partial charge < -0.3 is 15.2 Å². The van der Waals surface area contributed by atoms with Gasteiger partial charge in [0.1, 0.15) is 0 Å². The number of hydrogen-bond acceptors (Lipinski definition) is 3. The van der Waals surface area contributed by atoms with E-state index in [0.717, 1.165) is 11.1 Å². The summed E-state index contributed by atoms with van der Waals surface area (Å²) < 4.78 is 10.8. The maximum atomic E-state index is 5.76. The van der Waals surface area contributed by atoms with Crippen LogP contribution in [0.25, 0.3) is 11.1 Å². The molecule has 0 saturated carbocycles. The smallest absolute Gasteiger partial charge is 0.207 e. The van der Waals surface area contributed by atoms with Crippen LogP contribution in [0.2, 0.25) is 0 Å². The fourth-order valence-corrected chi connectivity index (χ4v) is 2.15. The molecule has 2 N–H and O–H groups in total. The highest BCUT2D eigenvalue weighted by atomic mass is 16.7. The molecule has 2 aromatic carbocycles. The lowest BCUT2D eigenvalue weighted by atomic mass is 10.00. The average molecular weight is 257 g/mol. The third kappa shape index (κ3) is 2.68. The van der Waals surface area contributed by atoms with Crippen LogP contribution in [-0.4, -0.2) is 20.8 Å². The van der Waals surface area contributed by atoms with Crippen LogP contribution in [0.4, 0.5) is 0 Å². The van der Waals surface area contributed by atoms with Crippen molar-refractivity contribution >= 4 is 0 Å². The summed E-state index contributed by atoms with van der Waals surface area (Å²) in [7, 11) is 3.20. The molecular weight excluding hydrogens is 238 g/mol. The van der Waals surface area contributed by atoms with Crippen molar-refractivity contribution in [2.75, 3.05) is 20.8 Å². The van der Waals surface area contributed by atoms with Gasteiger partial charge in [-0.15, -0.1) is 0 Å². The van der Waals surface area contributed by atoms with E-state index in [4.69, 9.17) is 15.2 Å². The van der Waals surface area contributed by atoms with Crippen LogP contribution in [0.15, 0.2) is 54.6 Å². The van der Waals surface area contributed by atoms with Gasteiger partial charge in [0.15, 0.2) is 0 Å². The van der Waals surface area contributed by atoms with Gasteiger partial charge in [-0.3, -0.25) is 0 Å². The number of rotatable bonds is 5. The van der Waals surface area contributed by atoms with E-state index in [1.54, 1.807) is 14.2 Å². The van der Waals surface area contributed by atoms with Gasteiger partial charge in [-0.25, -0.2) is 0 Å². The van der Waals surface area contributed by atoms with Crippen LogP contribution in [-0.2, 0) is 15.3 Å². The first-order chi connectivity index (χ1) is 9.25. The molecule has 3 heteroatoms. The number of methoxy groups -OCH3 is 2. The molecule has 0 aliphatic carbocycles. The Kier molecular flexibility index (Phi) is 4.32. The van der Waals surface area contributed by atoms with Gasteiger partial charge in [0.05, 0.1) is 6.54 Å². The van der Waals surface area contributed by atoms with Gasteiger partial charge >= 0.3 is 0 Å². The molecule has 0 fully saturated rings. The first kappa shape index (κ1) is 13.7. The second-order valence-corrected chi connectivity index (χ2v) is 4.31. The van der Waals surface area contributed by atoms with Crippen molar-refractivity contribution in [1.29, 1.82) is 0 Å². The van der Waals surface area contributed by atoms with E-state index < -0.39 is 5.79 Å².